The molecule has 0 spiro atoms. The number of amides is 1. The highest BCUT2D eigenvalue weighted by molar-refractivity contribution is 5.67. The summed E-state index contributed by atoms with van der Waals surface area (Å²) in [4.78, 5) is 11.5. The van der Waals surface area contributed by atoms with Crippen LogP contribution in [0.2, 0.25) is 0 Å². The molecule has 0 saturated carbocycles. The number of nitrogens with one attached hydrogen (secondary N) is 1. The van der Waals surface area contributed by atoms with Crippen LogP contribution in [0.25, 0.3) is 0 Å². The molecule has 0 aliphatic carbocycles. The number of ether oxygens (including phenoxy) is 2. The lowest BCUT2D eigenvalue weighted by atomic mass is 10.0. The summed E-state index contributed by atoms with van der Waals surface area (Å²) in [5.41, 5.74) is -0.974. The molecule has 17 heavy (non-hydrogen) atoms. The van der Waals surface area contributed by atoms with Gasteiger partial charge in [0.2, 0.25) is 0 Å². The number of aliphatic hydroxyl groups is 1. The fourth-order valence-electron chi connectivity index (χ4n) is 1.14. The predicted molar refractivity (Wildman–Crippen MR) is 66.0 cm³/mol. The van der Waals surface area contributed by atoms with Crippen LogP contribution in [0.1, 0.15) is 41.0 Å². The third-order valence-corrected chi connectivity index (χ3v) is 2.30. The molecule has 0 aliphatic heterocycles. The standard InChI is InChI=1S/C12H25NO4/c1-6-12(5,16-8-7-14)9-13-10(15)17-11(2,3)4/h14H,6-9H2,1-5H3,(H,13,15). The molecule has 5 heteroatoms. The minimum Gasteiger partial charge on any atom is -0.444 e. The van der Waals surface area contributed by atoms with Gasteiger partial charge < -0.3 is 19.9 Å². The summed E-state index contributed by atoms with van der Waals surface area (Å²) >= 11 is 0. The first-order valence-corrected chi connectivity index (χ1v) is 5.94. The topological polar surface area (TPSA) is 67.8 Å². The van der Waals surface area contributed by atoms with Crippen LogP contribution >= 0.6 is 0 Å². The lowest BCUT2D eigenvalue weighted by molar-refractivity contribution is -0.0477. The second-order valence-corrected chi connectivity index (χ2v) is 5.23. The molecule has 102 valence electrons. The molecule has 1 unspecified atom stereocenters. The van der Waals surface area contributed by atoms with Crippen molar-refractivity contribution in [2.75, 3.05) is 19.8 Å². The Morgan fingerprint density at radius 1 is 1.29 bits per heavy atom. The summed E-state index contributed by atoms with van der Waals surface area (Å²) in [6.07, 6.45) is 0.285. The zero-order chi connectivity index (χ0) is 13.5. The van der Waals surface area contributed by atoms with Gasteiger partial charge >= 0.3 is 6.09 Å². The maximum atomic E-state index is 11.5. The molecular formula is C12H25NO4. The first kappa shape index (κ1) is 16.2. The molecule has 0 bridgehead atoms. The van der Waals surface area contributed by atoms with Crippen molar-refractivity contribution in [3.05, 3.63) is 0 Å². The number of carbonyl (C=O) groups is 1. The third kappa shape index (κ3) is 7.99. The zero-order valence-corrected chi connectivity index (χ0v) is 11.5. The van der Waals surface area contributed by atoms with E-state index in [2.05, 4.69) is 5.32 Å². The Kier molecular flexibility index (Phi) is 6.49. The summed E-state index contributed by atoms with van der Waals surface area (Å²) in [6.45, 7) is 9.89. The van der Waals surface area contributed by atoms with E-state index in [-0.39, 0.29) is 13.2 Å². The summed E-state index contributed by atoms with van der Waals surface area (Å²) in [6, 6.07) is 0. The number of carbonyl (C=O) groups excluding carboxylic acids is 1. The van der Waals surface area contributed by atoms with E-state index in [0.717, 1.165) is 6.42 Å². The Bertz CT molecular complexity index is 237. The number of hydrogen-bond donors (Lipinski definition) is 2. The first-order chi connectivity index (χ1) is 7.72. The highest BCUT2D eigenvalue weighted by Crippen LogP contribution is 2.14. The number of rotatable bonds is 6. The van der Waals surface area contributed by atoms with Crippen molar-refractivity contribution in [3.8, 4) is 0 Å². The highest BCUT2D eigenvalue weighted by atomic mass is 16.6. The van der Waals surface area contributed by atoms with Crippen molar-refractivity contribution < 1.29 is 19.4 Å². The largest absolute Gasteiger partial charge is 0.444 e. The highest BCUT2D eigenvalue weighted by Gasteiger charge is 2.25. The lowest BCUT2D eigenvalue weighted by Crippen LogP contribution is -2.44. The van der Waals surface area contributed by atoms with E-state index in [4.69, 9.17) is 14.6 Å². The van der Waals surface area contributed by atoms with Gasteiger partial charge in [0, 0.05) is 6.54 Å². The molecular weight excluding hydrogens is 222 g/mol. The van der Waals surface area contributed by atoms with Crippen LogP contribution in [0.3, 0.4) is 0 Å². The molecule has 1 amide bonds. The van der Waals surface area contributed by atoms with Gasteiger partial charge in [-0.05, 0) is 34.1 Å². The second kappa shape index (κ2) is 6.81. The average molecular weight is 247 g/mol. The Morgan fingerprint density at radius 3 is 2.29 bits per heavy atom. The van der Waals surface area contributed by atoms with Crippen LogP contribution in [0.15, 0.2) is 0 Å². The number of aliphatic hydroxyl groups excluding tert-OH is 1. The molecule has 0 aliphatic rings. The lowest BCUT2D eigenvalue weighted by Gasteiger charge is -2.29. The normalized spacial score (nSPS) is 15.2. The van der Waals surface area contributed by atoms with E-state index in [9.17, 15) is 4.79 Å². The zero-order valence-electron chi connectivity index (χ0n) is 11.5. The molecule has 1 atom stereocenters. The molecule has 2 N–H and O–H groups in total. The van der Waals surface area contributed by atoms with Crippen molar-refractivity contribution in [1.29, 1.82) is 0 Å². The van der Waals surface area contributed by atoms with Gasteiger partial charge in [-0.15, -0.1) is 0 Å². The van der Waals surface area contributed by atoms with Gasteiger partial charge in [0.05, 0.1) is 18.8 Å². The Labute approximate surface area is 103 Å². The summed E-state index contributed by atoms with van der Waals surface area (Å²) in [5, 5.41) is 11.4. The molecule has 0 heterocycles. The van der Waals surface area contributed by atoms with E-state index < -0.39 is 17.3 Å². The maximum Gasteiger partial charge on any atom is 0.407 e. The van der Waals surface area contributed by atoms with E-state index >= 15 is 0 Å². The van der Waals surface area contributed by atoms with Gasteiger partial charge in [-0.2, -0.15) is 0 Å². The monoisotopic (exact) mass is 247 g/mol. The van der Waals surface area contributed by atoms with Crippen LogP contribution in [0.5, 0.6) is 0 Å². The summed E-state index contributed by atoms with van der Waals surface area (Å²) < 4.78 is 10.6. The van der Waals surface area contributed by atoms with E-state index in [1.54, 1.807) is 0 Å². The van der Waals surface area contributed by atoms with Crippen LogP contribution in [0.4, 0.5) is 4.79 Å². The smallest absolute Gasteiger partial charge is 0.407 e. The van der Waals surface area contributed by atoms with E-state index in [1.807, 2.05) is 34.6 Å². The van der Waals surface area contributed by atoms with Crippen LogP contribution in [0, 0.1) is 0 Å². The van der Waals surface area contributed by atoms with Gasteiger partial charge in [-0.25, -0.2) is 4.79 Å². The fourth-order valence-corrected chi connectivity index (χ4v) is 1.14. The van der Waals surface area contributed by atoms with Crippen molar-refractivity contribution in [2.45, 2.75) is 52.2 Å². The fraction of sp³-hybridized carbons (Fsp3) is 0.917. The van der Waals surface area contributed by atoms with Gasteiger partial charge in [-0.1, -0.05) is 6.92 Å². The Balaban J connectivity index is 4.09. The van der Waals surface area contributed by atoms with Crippen LogP contribution in [-0.4, -0.2) is 42.2 Å². The Hall–Kier alpha value is -0.810. The predicted octanol–water partition coefficient (Wildman–Crippen LogP) is 1.69. The molecule has 0 aromatic heterocycles. The van der Waals surface area contributed by atoms with Gasteiger partial charge in [0.1, 0.15) is 5.60 Å². The van der Waals surface area contributed by atoms with E-state index in [1.165, 1.54) is 0 Å². The molecule has 0 aromatic rings. The quantitative estimate of drug-likeness (QED) is 0.749. The molecule has 0 fully saturated rings. The molecule has 0 radical (unpaired) electrons. The summed E-state index contributed by atoms with van der Waals surface area (Å²) in [7, 11) is 0. The Morgan fingerprint density at radius 2 is 1.88 bits per heavy atom. The van der Waals surface area contributed by atoms with Crippen LogP contribution in [-0.2, 0) is 9.47 Å². The molecule has 0 rings (SSSR count). The molecule has 0 saturated heterocycles. The van der Waals surface area contributed by atoms with E-state index in [0.29, 0.717) is 6.54 Å². The maximum absolute atomic E-state index is 11.5. The molecule has 0 aromatic carbocycles. The van der Waals surface area contributed by atoms with Gasteiger partial charge in [-0.3, -0.25) is 0 Å². The number of alkyl carbamates (subject to hydrolysis) is 1. The average Bonchev–Trinajstić information content (AvgIpc) is 2.21. The molecule has 5 nitrogen and oxygen atoms in total. The van der Waals surface area contributed by atoms with Crippen molar-refractivity contribution in [1.82, 2.24) is 5.32 Å². The SMILES string of the molecule is CCC(C)(CNC(=O)OC(C)(C)C)OCCO. The summed E-state index contributed by atoms with van der Waals surface area (Å²) in [5.74, 6) is 0. The minimum absolute atomic E-state index is 0.0258. The van der Waals surface area contributed by atoms with Gasteiger partial charge in [0.25, 0.3) is 0 Å². The first-order valence-electron chi connectivity index (χ1n) is 5.94. The van der Waals surface area contributed by atoms with Crippen molar-refractivity contribution in [3.63, 3.8) is 0 Å². The van der Waals surface area contributed by atoms with Crippen LogP contribution < -0.4 is 5.32 Å². The third-order valence-electron chi connectivity index (χ3n) is 2.30. The van der Waals surface area contributed by atoms with Crippen molar-refractivity contribution in [2.24, 2.45) is 0 Å². The minimum atomic E-state index is -0.501. The number of hydrogen-bond acceptors (Lipinski definition) is 4. The van der Waals surface area contributed by atoms with Crippen molar-refractivity contribution >= 4 is 6.09 Å². The second-order valence-electron chi connectivity index (χ2n) is 5.23. The van der Waals surface area contributed by atoms with Gasteiger partial charge in [0.15, 0.2) is 0 Å².